The minimum Gasteiger partial charge on any atom is -0.453 e. The van der Waals surface area contributed by atoms with Gasteiger partial charge in [-0.1, -0.05) is 19.9 Å². The van der Waals surface area contributed by atoms with Crippen molar-refractivity contribution in [2.45, 2.75) is 46.6 Å². The number of morpholine rings is 1. The van der Waals surface area contributed by atoms with Crippen molar-refractivity contribution in [1.29, 1.82) is 5.26 Å². The molecule has 0 saturated carbocycles. The van der Waals surface area contributed by atoms with Crippen LogP contribution in [0.3, 0.4) is 0 Å². The maximum Gasteiger partial charge on any atom is 0.409 e. The minimum absolute atomic E-state index is 0.0112. The van der Waals surface area contributed by atoms with E-state index >= 15 is 4.39 Å². The van der Waals surface area contributed by atoms with Gasteiger partial charge in [0.2, 0.25) is 0 Å². The Morgan fingerprint density at radius 3 is 2.80 bits per heavy atom. The van der Waals surface area contributed by atoms with Gasteiger partial charge in [0.05, 0.1) is 43.5 Å². The van der Waals surface area contributed by atoms with Crippen molar-refractivity contribution in [3.63, 3.8) is 0 Å². The number of allylic oxidation sites excluding steroid dienone is 2. The van der Waals surface area contributed by atoms with Gasteiger partial charge in [0.25, 0.3) is 0 Å². The number of hydrogen-bond donors (Lipinski definition) is 0. The standard InChI is InChI=1S/C30H33F2N5O3/c1-6-18(3)28(34-22(7-2)16-33)20-12-19(4)27(24(32)13-20)29-25(37-9-8-21(31)14-26(37)35-29)15-23-17-36(10-11-40-23)30(38)39-5/h7-9,12-14,18,23H,6,10-11,15,17H2,1-5H3/b22-7-,34-28+/t18-,23?/m1/s1. The molecule has 0 aliphatic carbocycles. The van der Waals surface area contributed by atoms with Crippen LogP contribution in [-0.2, 0) is 15.9 Å². The molecule has 0 bridgehead atoms. The van der Waals surface area contributed by atoms with Crippen LogP contribution >= 0.6 is 0 Å². The Morgan fingerprint density at radius 2 is 2.15 bits per heavy atom. The van der Waals surface area contributed by atoms with Gasteiger partial charge < -0.3 is 18.8 Å². The summed E-state index contributed by atoms with van der Waals surface area (Å²) in [6, 6.07) is 7.95. The molecule has 1 amide bonds. The molecule has 40 heavy (non-hydrogen) atoms. The van der Waals surface area contributed by atoms with Crippen molar-refractivity contribution in [3.8, 4) is 17.3 Å². The molecule has 3 aromatic rings. The largest absolute Gasteiger partial charge is 0.453 e. The summed E-state index contributed by atoms with van der Waals surface area (Å²) in [7, 11) is 1.33. The number of nitrogens with zero attached hydrogens (tertiary/aromatic N) is 5. The molecule has 2 atom stereocenters. The average molecular weight is 550 g/mol. The summed E-state index contributed by atoms with van der Waals surface area (Å²) < 4.78 is 42.7. The zero-order valence-electron chi connectivity index (χ0n) is 23.4. The third kappa shape index (κ3) is 5.89. The van der Waals surface area contributed by atoms with Crippen LogP contribution in [0.5, 0.6) is 0 Å². The highest BCUT2D eigenvalue weighted by atomic mass is 19.1. The molecule has 0 spiro atoms. The fourth-order valence-electron chi connectivity index (χ4n) is 4.95. The van der Waals surface area contributed by atoms with Crippen LogP contribution in [0.1, 0.15) is 44.0 Å². The Bertz CT molecular complexity index is 1500. The number of methoxy groups -OCH3 is 1. The number of pyridine rings is 1. The van der Waals surface area contributed by atoms with E-state index in [1.54, 1.807) is 35.4 Å². The van der Waals surface area contributed by atoms with E-state index in [9.17, 15) is 14.4 Å². The van der Waals surface area contributed by atoms with Gasteiger partial charge in [-0.15, -0.1) is 0 Å². The summed E-state index contributed by atoms with van der Waals surface area (Å²) in [6.45, 7) is 8.56. The zero-order valence-corrected chi connectivity index (χ0v) is 23.4. The fourth-order valence-corrected chi connectivity index (χ4v) is 4.95. The molecule has 4 rings (SSSR count). The van der Waals surface area contributed by atoms with Crippen LogP contribution in [0, 0.1) is 35.8 Å². The van der Waals surface area contributed by atoms with Crippen LogP contribution in [0.2, 0.25) is 0 Å². The van der Waals surface area contributed by atoms with Crippen molar-refractivity contribution < 1.29 is 23.0 Å². The Labute approximate surface area is 232 Å². The number of halogens is 2. The number of nitriles is 1. The highest BCUT2D eigenvalue weighted by Gasteiger charge is 2.29. The lowest BCUT2D eigenvalue weighted by Crippen LogP contribution is -2.46. The molecular weight excluding hydrogens is 516 g/mol. The van der Waals surface area contributed by atoms with Crippen molar-refractivity contribution in [2.24, 2.45) is 10.9 Å². The lowest BCUT2D eigenvalue weighted by Gasteiger charge is -2.32. The van der Waals surface area contributed by atoms with E-state index in [0.717, 1.165) is 6.42 Å². The van der Waals surface area contributed by atoms with Crippen molar-refractivity contribution in [3.05, 3.63) is 70.7 Å². The molecule has 0 N–H and O–H groups in total. The van der Waals surface area contributed by atoms with E-state index in [1.165, 1.54) is 25.3 Å². The third-order valence-electron chi connectivity index (χ3n) is 7.21. The van der Waals surface area contributed by atoms with Gasteiger partial charge in [-0.05, 0) is 55.5 Å². The zero-order chi connectivity index (χ0) is 29.0. The molecule has 210 valence electrons. The number of hydrogen-bond acceptors (Lipinski definition) is 6. The van der Waals surface area contributed by atoms with E-state index in [1.807, 2.05) is 19.9 Å². The minimum atomic E-state index is -0.504. The van der Waals surface area contributed by atoms with Gasteiger partial charge in [-0.3, -0.25) is 0 Å². The number of ether oxygens (including phenoxy) is 2. The molecule has 10 heteroatoms. The fraction of sp³-hybridized carbons (Fsp3) is 0.400. The number of benzene rings is 1. The molecule has 1 aliphatic heterocycles. The van der Waals surface area contributed by atoms with Crippen LogP contribution in [0.4, 0.5) is 13.6 Å². The van der Waals surface area contributed by atoms with E-state index < -0.39 is 23.8 Å². The van der Waals surface area contributed by atoms with E-state index in [0.29, 0.717) is 65.6 Å². The quantitative estimate of drug-likeness (QED) is 0.272. The molecule has 0 radical (unpaired) electrons. The van der Waals surface area contributed by atoms with Gasteiger partial charge in [0.1, 0.15) is 29.0 Å². The van der Waals surface area contributed by atoms with E-state index in [2.05, 4.69) is 16.0 Å². The number of aliphatic imine (C=N–C) groups is 1. The summed E-state index contributed by atoms with van der Waals surface area (Å²) in [4.78, 5) is 22.9. The SMILES string of the molecule is C/C=C(C#N)\N=C(\c1cc(C)c(-c2nc3cc(F)ccn3c2CC2CN(C(=O)OC)CCO2)c(F)c1)[C@H](C)CC. The lowest BCUT2D eigenvalue weighted by molar-refractivity contribution is -0.0241. The van der Waals surface area contributed by atoms with E-state index in [-0.39, 0.29) is 11.6 Å². The van der Waals surface area contributed by atoms with Crippen molar-refractivity contribution in [2.75, 3.05) is 26.8 Å². The van der Waals surface area contributed by atoms with Crippen LogP contribution in [0.15, 0.2) is 47.2 Å². The first kappa shape index (κ1) is 28.9. The maximum atomic E-state index is 16.0. The Hall–Kier alpha value is -4.10. The van der Waals surface area contributed by atoms with Gasteiger partial charge in [-0.2, -0.15) is 5.26 Å². The Kier molecular flexibility index (Phi) is 8.95. The highest BCUT2D eigenvalue weighted by Crippen LogP contribution is 2.33. The first-order valence-corrected chi connectivity index (χ1v) is 13.3. The van der Waals surface area contributed by atoms with Crippen LogP contribution < -0.4 is 0 Å². The number of carbonyl (C=O) groups excluding carboxylic acids is 1. The maximum absolute atomic E-state index is 16.0. The van der Waals surface area contributed by atoms with Crippen LogP contribution in [-0.4, -0.2) is 59.0 Å². The number of amides is 1. The first-order chi connectivity index (χ1) is 19.2. The summed E-state index contributed by atoms with van der Waals surface area (Å²) in [5.74, 6) is -0.973. The molecule has 1 saturated heterocycles. The number of rotatable bonds is 7. The number of aromatic nitrogens is 2. The second kappa shape index (κ2) is 12.4. The van der Waals surface area contributed by atoms with Crippen molar-refractivity contribution in [1.82, 2.24) is 14.3 Å². The molecular formula is C30H33F2N5O3. The molecule has 3 heterocycles. The molecule has 1 unspecified atom stereocenters. The monoisotopic (exact) mass is 549 g/mol. The van der Waals surface area contributed by atoms with E-state index in [4.69, 9.17) is 9.47 Å². The third-order valence-corrected chi connectivity index (χ3v) is 7.21. The average Bonchev–Trinajstić information content (AvgIpc) is 3.28. The predicted octanol–water partition coefficient (Wildman–Crippen LogP) is 5.86. The van der Waals surface area contributed by atoms with Crippen LogP contribution in [0.25, 0.3) is 16.9 Å². The molecule has 8 nitrogen and oxygen atoms in total. The molecule has 1 aliphatic rings. The number of carbonyl (C=O) groups is 1. The number of imidazole rings is 1. The number of aryl methyl sites for hydroxylation is 1. The summed E-state index contributed by atoms with van der Waals surface area (Å²) in [6.07, 6.45) is 3.42. The Morgan fingerprint density at radius 1 is 1.38 bits per heavy atom. The summed E-state index contributed by atoms with van der Waals surface area (Å²) in [5.41, 5.74) is 3.73. The van der Waals surface area contributed by atoms with Gasteiger partial charge in [0, 0.05) is 30.8 Å². The smallest absolute Gasteiger partial charge is 0.409 e. The van der Waals surface area contributed by atoms with Gasteiger partial charge in [0.15, 0.2) is 0 Å². The lowest BCUT2D eigenvalue weighted by atomic mass is 9.91. The topological polar surface area (TPSA) is 92.2 Å². The van der Waals surface area contributed by atoms with Gasteiger partial charge in [-0.25, -0.2) is 23.6 Å². The molecule has 1 aromatic carbocycles. The first-order valence-electron chi connectivity index (χ1n) is 13.3. The van der Waals surface area contributed by atoms with Gasteiger partial charge >= 0.3 is 6.09 Å². The molecule has 1 fully saturated rings. The highest BCUT2D eigenvalue weighted by molar-refractivity contribution is 6.03. The second-order valence-corrected chi connectivity index (χ2v) is 9.84. The number of fused-ring (bicyclic) bond motifs is 1. The normalized spacial score (nSPS) is 17.1. The predicted molar refractivity (Wildman–Crippen MR) is 148 cm³/mol. The summed E-state index contributed by atoms with van der Waals surface area (Å²) in [5, 5.41) is 9.42. The molecule has 2 aromatic heterocycles. The Balaban J connectivity index is 1.82. The second-order valence-electron chi connectivity index (χ2n) is 9.84. The van der Waals surface area contributed by atoms with Crippen molar-refractivity contribution >= 4 is 17.5 Å². The summed E-state index contributed by atoms with van der Waals surface area (Å²) >= 11 is 0.